The zero-order valence-electron chi connectivity index (χ0n) is 6.32. The van der Waals surface area contributed by atoms with Crippen molar-refractivity contribution in [2.24, 2.45) is 17.8 Å². The van der Waals surface area contributed by atoms with Crippen LogP contribution in [-0.2, 0) is 9.53 Å². The highest BCUT2D eigenvalue weighted by molar-refractivity contribution is 5.71. The lowest BCUT2D eigenvalue weighted by molar-refractivity contribution is -0.159. The smallest absolute Gasteiger partial charge is 0.306 e. The fourth-order valence-corrected chi connectivity index (χ4v) is 2.95. The van der Waals surface area contributed by atoms with Gasteiger partial charge in [-0.25, -0.2) is 0 Å². The van der Waals surface area contributed by atoms with E-state index < -0.39 is 0 Å². The highest BCUT2D eigenvalue weighted by atomic mass is 16.5. The third kappa shape index (κ3) is 0.700. The molecule has 1 radical (unpaired) electrons. The SMILES string of the molecule is O=C1CC2CC3[CH]C(O1)C2C3. The van der Waals surface area contributed by atoms with Crippen LogP contribution >= 0.6 is 0 Å². The van der Waals surface area contributed by atoms with Gasteiger partial charge in [-0.2, -0.15) is 0 Å². The Morgan fingerprint density at radius 3 is 3.09 bits per heavy atom. The van der Waals surface area contributed by atoms with E-state index in [1.165, 1.54) is 12.8 Å². The van der Waals surface area contributed by atoms with Gasteiger partial charge in [0.1, 0.15) is 6.10 Å². The second-order valence-electron chi connectivity index (χ2n) is 4.01. The van der Waals surface area contributed by atoms with Gasteiger partial charge in [0.15, 0.2) is 0 Å². The highest BCUT2D eigenvalue weighted by Gasteiger charge is 2.51. The van der Waals surface area contributed by atoms with Crippen molar-refractivity contribution in [2.75, 3.05) is 0 Å². The van der Waals surface area contributed by atoms with Gasteiger partial charge in [0, 0.05) is 12.8 Å². The molecule has 1 heterocycles. The minimum absolute atomic E-state index is 0.0212. The molecule has 0 aromatic heterocycles. The summed E-state index contributed by atoms with van der Waals surface area (Å²) in [5.74, 6) is 2.14. The van der Waals surface area contributed by atoms with Crippen molar-refractivity contribution in [3.05, 3.63) is 6.42 Å². The number of ether oxygens (including phenoxy) is 1. The minimum Gasteiger partial charge on any atom is -0.462 e. The third-order valence-corrected chi connectivity index (χ3v) is 3.37. The van der Waals surface area contributed by atoms with Crippen LogP contribution in [0.25, 0.3) is 0 Å². The van der Waals surface area contributed by atoms with Gasteiger partial charge in [0.05, 0.1) is 0 Å². The van der Waals surface area contributed by atoms with Crippen molar-refractivity contribution in [2.45, 2.75) is 25.4 Å². The van der Waals surface area contributed by atoms with Crippen molar-refractivity contribution in [3.63, 3.8) is 0 Å². The first kappa shape index (κ1) is 6.04. The quantitative estimate of drug-likeness (QED) is 0.486. The summed E-state index contributed by atoms with van der Waals surface area (Å²) in [7, 11) is 0. The average molecular weight is 151 g/mol. The topological polar surface area (TPSA) is 26.3 Å². The van der Waals surface area contributed by atoms with Gasteiger partial charge in [0.25, 0.3) is 0 Å². The monoisotopic (exact) mass is 151 g/mol. The van der Waals surface area contributed by atoms with Crippen molar-refractivity contribution < 1.29 is 9.53 Å². The molecule has 1 aliphatic heterocycles. The molecule has 2 heteroatoms. The predicted molar refractivity (Wildman–Crippen MR) is 38.5 cm³/mol. The maximum absolute atomic E-state index is 11.0. The Morgan fingerprint density at radius 2 is 2.36 bits per heavy atom. The van der Waals surface area contributed by atoms with Gasteiger partial charge in [-0.15, -0.1) is 0 Å². The molecule has 2 aliphatic carbocycles. The van der Waals surface area contributed by atoms with E-state index >= 15 is 0 Å². The first-order valence-corrected chi connectivity index (χ1v) is 4.37. The van der Waals surface area contributed by atoms with Gasteiger partial charge in [-0.05, 0) is 30.6 Å². The maximum atomic E-state index is 11.0. The van der Waals surface area contributed by atoms with Crippen LogP contribution in [0.2, 0.25) is 0 Å². The van der Waals surface area contributed by atoms with Crippen molar-refractivity contribution in [1.82, 2.24) is 0 Å². The largest absolute Gasteiger partial charge is 0.462 e. The number of esters is 1. The third-order valence-electron chi connectivity index (χ3n) is 3.37. The summed E-state index contributed by atoms with van der Waals surface area (Å²) in [6, 6.07) is 0. The molecule has 59 valence electrons. The molecule has 4 atom stereocenters. The van der Waals surface area contributed by atoms with E-state index in [0.29, 0.717) is 18.3 Å². The summed E-state index contributed by atoms with van der Waals surface area (Å²) in [5, 5.41) is 0. The van der Waals surface area contributed by atoms with E-state index in [4.69, 9.17) is 4.74 Å². The Balaban J connectivity index is 1.92. The predicted octanol–water partition coefficient (Wildman–Crippen LogP) is 1.16. The Kier molecular flexibility index (Phi) is 0.984. The lowest BCUT2D eigenvalue weighted by Crippen LogP contribution is -2.36. The Labute approximate surface area is 65.9 Å². The molecule has 0 aromatic carbocycles. The van der Waals surface area contributed by atoms with E-state index in [2.05, 4.69) is 6.42 Å². The molecular weight excluding hydrogens is 140 g/mol. The van der Waals surface area contributed by atoms with E-state index in [1.807, 2.05) is 0 Å². The summed E-state index contributed by atoms with van der Waals surface area (Å²) in [6.07, 6.45) is 5.64. The Hall–Kier alpha value is -0.530. The summed E-state index contributed by atoms with van der Waals surface area (Å²) in [5.41, 5.74) is 0. The maximum Gasteiger partial charge on any atom is 0.306 e. The molecule has 2 nitrogen and oxygen atoms in total. The highest BCUT2D eigenvalue weighted by Crippen LogP contribution is 2.52. The van der Waals surface area contributed by atoms with Gasteiger partial charge < -0.3 is 4.74 Å². The molecule has 3 fully saturated rings. The van der Waals surface area contributed by atoms with E-state index in [-0.39, 0.29) is 12.1 Å². The second-order valence-corrected chi connectivity index (χ2v) is 4.01. The summed E-state index contributed by atoms with van der Waals surface area (Å²) >= 11 is 0. The lowest BCUT2D eigenvalue weighted by Gasteiger charge is -2.33. The van der Waals surface area contributed by atoms with Gasteiger partial charge in [-0.3, -0.25) is 4.79 Å². The summed E-state index contributed by atoms with van der Waals surface area (Å²) in [4.78, 5) is 11.0. The van der Waals surface area contributed by atoms with E-state index in [9.17, 15) is 4.79 Å². The lowest BCUT2D eigenvalue weighted by atomic mass is 9.82. The average Bonchev–Trinajstić information content (AvgIpc) is 2.41. The number of carbonyl (C=O) groups is 1. The van der Waals surface area contributed by atoms with Gasteiger partial charge >= 0.3 is 5.97 Å². The number of hydrogen-bond donors (Lipinski definition) is 0. The minimum atomic E-state index is 0.0212. The van der Waals surface area contributed by atoms with E-state index in [0.717, 1.165) is 5.92 Å². The first-order valence-electron chi connectivity index (χ1n) is 4.37. The molecule has 0 N–H and O–H groups in total. The molecule has 0 amide bonds. The molecule has 3 rings (SSSR count). The summed E-state index contributed by atoms with van der Waals surface area (Å²) < 4.78 is 5.22. The molecule has 1 saturated heterocycles. The Bertz CT molecular complexity index is 194. The van der Waals surface area contributed by atoms with Gasteiger partial charge in [0.2, 0.25) is 0 Å². The van der Waals surface area contributed by atoms with Crippen LogP contribution in [0.1, 0.15) is 19.3 Å². The molecule has 2 bridgehead atoms. The van der Waals surface area contributed by atoms with Gasteiger partial charge in [-0.1, -0.05) is 0 Å². The van der Waals surface area contributed by atoms with E-state index in [1.54, 1.807) is 0 Å². The number of hydrogen-bond acceptors (Lipinski definition) is 2. The number of fused-ring (bicyclic) bond motifs is 1. The second kappa shape index (κ2) is 1.79. The molecule has 11 heavy (non-hydrogen) atoms. The zero-order valence-corrected chi connectivity index (χ0v) is 6.32. The molecule has 2 saturated carbocycles. The molecule has 0 aromatic rings. The number of rotatable bonds is 0. The van der Waals surface area contributed by atoms with Crippen LogP contribution in [0, 0.1) is 24.2 Å². The number of carbonyl (C=O) groups excluding carboxylic acids is 1. The summed E-state index contributed by atoms with van der Waals surface area (Å²) in [6.45, 7) is 0. The molecule has 3 aliphatic rings. The van der Waals surface area contributed by atoms with Crippen molar-refractivity contribution >= 4 is 5.97 Å². The molecular formula is C9H11O2. The van der Waals surface area contributed by atoms with Crippen LogP contribution in [0.15, 0.2) is 0 Å². The molecule has 4 unspecified atom stereocenters. The fourth-order valence-electron chi connectivity index (χ4n) is 2.95. The van der Waals surface area contributed by atoms with Crippen LogP contribution in [0.4, 0.5) is 0 Å². The van der Waals surface area contributed by atoms with Crippen LogP contribution in [0.3, 0.4) is 0 Å². The molecule has 0 spiro atoms. The van der Waals surface area contributed by atoms with Crippen molar-refractivity contribution in [3.8, 4) is 0 Å². The standard InChI is InChI=1S/C9H11O2/c10-9-4-6-1-5-2-7(6)8(3-5)11-9/h3,5-8H,1-2,4H2. The van der Waals surface area contributed by atoms with Crippen molar-refractivity contribution in [1.29, 1.82) is 0 Å². The zero-order chi connectivity index (χ0) is 7.42. The fraction of sp³-hybridized carbons (Fsp3) is 0.778. The normalized spacial score (nSPS) is 52.9. The first-order chi connectivity index (χ1) is 5.33. The Morgan fingerprint density at radius 1 is 1.45 bits per heavy atom. The van der Waals surface area contributed by atoms with Crippen LogP contribution in [-0.4, -0.2) is 12.1 Å². The van der Waals surface area contributed by atoms with Crippen LogP contribution < -0.4 is 0 Å². The van der Waals surface area contributed by atoms with Crippen LogP contribution in [0.5, 0.6) is 0 Å².